The van der Waals surface area contributed by atoms with Crippen molar-refractivity contribution in [1.82, 2.24) is 0 Å². The minimum Gasteiger partial charge on any atom is -0.469 e. The van der Waals surface area contributed by atoms with E-state index in [1.807, 2.05) is 13.8 Å². The van der Waals surface area contributed by atoms with Crippen LogP contribution in [-0.2, 0) is 35.3 Å². The average molecular weight is 342 g/mol. The highest BCUT2D eigenvalue weighted by Crippen LogP contribution is 2.25. The molecule has 0 N–H and O–H groups in total. The maximum atomic E-state index is 12.4. The summed E-state index contributed by atoms with van der Waals surface area (Å²) in [6.07, 6.45) is 0.299. The monoisotopic (exact) mass is 342 g/mol. The molecule has 0 amide bonds. The van der Waals surface area contributed by atoms with Crippen molar-refractivity contribution >= 4 is 15.8 Å². The van der Waals surface area contributed by atoms with Crippen molar-refractivity contribution in [2.75, 3.05) is 19.5 Å². The minimum absolute atomic E-state index is 0.00649. The largest absolute Gasteiger partial charge is 0.469 e. The van der Waals surface area contributed by atoms with Crippen molar-refractivity contribution in [3.8, 4) is 0 Å². The Hall–Kier alpha value is -1.44. The number of rotatable bonds is 6. The van der Waals surface area contributed by atoms with Crippen LogP contribution in [0.15, 0.2) is 29.2 Å². The molecule has 1 aromatic rings. The average Bonchev–Trinajstić information content (AvgIpc) is 2.85. The van der Waals surface area contributed by atoms with Crippen LogP contribution in [-0.4, -0.2) is 45.7 Å². The molecule has 6 nitrogen and oxygen atoms in total. The van der Waals surface area contributed by atoms with Gasteiger partial charge in [0.05, 0.1) is 36.9 Å². The molecule has 0 bridgehead atoms. The zero-order chi connectivity index (χ0) is 17.1. The summed E-state index contributed by atoms with van der Waals surface area (Å²) >= 11 is 0. The topological polar surface area (TPSA) is 78.9 Å². The van der Waals surface area contributed by atoms with Crippen LogP contribution in [0.5, 0.6) is 0 Å². The molecule has 23 heavy (non-hydrogen) atoms. The zero-order valence-corrected chi connectivity index (χ0v) is 14.4. The highest BCUT2D eigenvalue weighted by molar-refractivity contribution is 7.91. The molecule has 7 heteroatoms. The highest BCUT2D eigenvalue weighted by Gasteiger charge is 2.33. The molecular formula is C16H22O6S. The lowest BCUT2D eigenvalue weighted by Crippen LogP contribution is -2.23. The third-order valence-electron chi connectivity index (χ3n) is 3.63. The predicted octanol–water partition coefficient (Wildman–Crippen LogP) is 1.72. The van der Waals surface area contributed by atoms with Crippen LogP contribution in [0.4, 0.5) is 0 Å². The number of sulfone groups is 1. The summed E-state index contributed by atoms with van der Waals surface area (Å²) in [4.78, 5) is 11.4. The second kappa shape index (κ2) is 6.98. The molecule has 1 aromatic carbocycles. The fourth-order valence-corrected chi connectivity index (χ4v) is 3.72. The van der Waals surface area contributed by atoms with E-state index >= 15 is 0 Å². The van der Waals surface area contributed by atoms with Gasteiger partial charge in [-0.05, 0) is 38.0 Å². The zero-order valence-electron chi connectivity index (χ0n) is 13.6. The normalized spacial score (nSPS) is 20.4. The number of methoxy groups -OCH3 is 1. The van der Waals surface area contributed by atoms with Gasteiger partial charge in [-0.25, -0.2) is 8.42 Å². The maximum absolute atomic E-state index is 12.4. The van der Waals surface area contributed by atoms with Crippen LogP contribution in [0.2, 0.25) is 0 Å². The minimum atomic E-state index is -3.39. The van der Waals surface area contributed by atoms with Crippen LogP contribution >= 0.6 is 0 Å². The van der Waals surface area contributed by atoms with Gasteiger partial charge < -0.3 is 14.2 Å². The van der Waals surface area contributed by atoms with Crippen LogP contribution in [0.25, 0.3) is 0 Å². The smallest absolute Gasteiger partial charge is 0.309 e. The summed E-state index contributed by atoms with van der Waals surface area (Å²) in [6, 6.07) is 6.29. The summed E-state index contributed by atoms with van der Waals surface area (Å²) in [5, 5.41) is 0. The van der Waals surface area contributed by atoms with Gasteiger partial charge in [0.15, 0.2) is 15.6 Å². The summed E-state index contributed by atoms with van der Waals surface area (Å²) < 4.78 is 40.3. The van der Waals surface area contributed by atoms with Crippen molar-refractivity contribution in [2.45, 2.75) is 43.5 Å². The standard InChI is InChI=1S/C16H22O6S/c1-16(2)21-11-13(22-16)8-9-23(18,19)14-6-4-12(5-7-14)10-15(17)20-3/h4-7,13H,8-11H2,1-3H3/t13-/m0/s1. The maximum Gasteiger partial charge on any atom is 0.309 e. The van der Waals surface area contributed by atoms with E-state index in [1.165, 1.54) is 19.2 Å². The summed E-state index contributed by atoms with van der Waals surface area (Å²) in [5.41, 5.74) is 0.713. The lowest BCUT2D eigenvalue weighted by atomic mass is 10.2. The van der Waals surface area contributed by atoms with Gasteiger partial charge in [-0.2, -0.15) is 0 Å². The Labute approximate surface area is 136 Å². The Bertz CT molecular complexity index is 648. The molecule has 0 spiro atoms. The molecule has 1 aliphatic heterocycles. The van der Waals surface area contributed by atoms with Gasteiger partial charge in [0.2, 0.25) is 0 Å². The van der Waals surface area contributed by atoms with Crippen LogP contribution in [0.1, 0.15) is 25.8 Å². The molecule has 1 fully saturated rings. The Kier molecular flexibility index (Phi) is 5.44. The fourth-order valence-electron chi connectivity index (χ4n) is 2.36. The molecule has 128 valence electrons. The second-order valence-corrected chi connectivity index (χ2v) is 8.06. The molecular weight excluding hydrogens is 320 g/mol. The molecule has 1 aliphatic rings. The first kappa shape index (κ1) is 17.9. The van der Waals surface area contributed by atoms with Gasteiger partial charge in [-0.1, -0.05) is 12.1 Å². The Morgan fingerprint density at radius 3 is 2.48 bits per heavy atom. The first-order valence-electron chi connectivity index (χ1n) is 7.42. The van der Waals surface area contributed by atoms with Crippen LogP contribution in [0, 0.1) is 0 Å². The van der Waals surface area contributed by atoms with Gasteiger partial charge in [0.1, 0.15) is 0 Å². The van der Waals surface area contributed by atoms with Crippen LogP contribution in [0.3, 0.4) is 0 Å². The highest BCUT2D eigenvalue weighted by atomic mass is 32.2. The molecule has 2 rings (SSSR count). The SMILES string of the molecule is COC(=O)Cc1ccc(S(=O)(=O)CC[C@H]2COC(C)(C)O2)cc1. The van der Waals surface area contributed by atoms with E-state index in [0.29, 0.717) is 18.6 Å². The van der Waals surface area contributed by atoms with Gasteiger partial charge >= 0.3 is 5.97 Å². The third-order valence-corrected chi connectivity index (χ3v) is 5.40. The van der Waals surface area contributed by atoms with E-state index in [-0.39, 0.29) is 29.1 Å². The molecule has 1 heterocycles. The Morgan fingerprint density at radius 2 is 1.96 bits per heavy atom. The first-order valence-corrected chi connectivity index (χ1v) is 9.07. The van der Waals surface area contributed by atoms with E-state index in [9.17, 15) is 13.2 Å². The van der Waals surface area contributed by atoms with Crippen molar-refractivity contribution in [3.05, 3.63) is 29.8 Å². The third kappa shape index (κ3) is 5.02. The lowest BCUT2D eigenvalue weighted by molar-refractivity contribution is -0.140. The van der Waals surface area contributed by atoms with E-state index in [4.69, 9.17) is 9.47 Å². The van der Waals surface area contributed by atoms with Gasteiger partial charge in [-0.15, -0.1) is 0 Å². The van der Waals surface area contributed by atoms with E-state index < -0.39 is 15.6 Å². The van der Waals surface area contributed by atoms with Gasteiger partial charge in [0, 0.05) is 0 Å². The molecule has 0 radical (unpaired) electrons. The van der Waals surface area contributed by atoms with E-state index in [2.05, 4.69) is 4.74 Å². The summed E-state index contributed by atoms with van der Waals surface area (Å²) in [5.74, 6) is -1.01. The lowest BCUT2D eigenvalue weighted by Gasteiger charge is -2.17. The quantitative estimate of drug-likeness (QED) is 0.733. The molecule has 0 unspecified atom stereocenters. The predicted molar refractivity (Wildman–Crippen MR) is 83.7 cm³/mol. The van der Waals surface area contributed by atoms with Crippen LogP contribution < -0.4 is 0 Å². The number of hydrogen-bond donors (Lipinski definition) is 0. The van der Waals surface area contributed by atoms with Crippen molar-refractivity contribution in [3.63, 3.8) is 0 Å². The first-order chi connectivity index (χ1) is 10.7. The second-order valence-electron chi connectivity index (χ2n) is 5.96. The molecule has 1 atom stereocenters. The van der Waals surface area contributed by atoms with Crippen molar-refractivity contribution < 1.29 is 27.4 Å². The molecule has 1 saturated heterocycles. The number of carbonyl (C=O) groups is 1. The number of benzene rings is 1. The van der Waals surface area contributed by atoms with Crippen molar-refractivity contribution in [1.29, 1.82) is 0 Å². The van der Waals surface area contributed by atoms with E-state index in [0.717, 1.165) is 0 Å². The summed E-state index contributed by atoms with van der Waals surface area (Å²) in [7, 11) is -2.07. The fraction of sp³-hybridized carbons (Fsp3) is 0.562. The number of esters is 1. The number of hydrogen-bond acceptors (Lipinski definition) is 6. The number of carbonyl (C=O) groups excluding carboxylic acids is 1. The molecule has 0 aromatic heterocycles. The van der Waals surface area contributed by atoms with Gasteiger partial charge in [-0.3, -0.25) is 4.79 Å². The van der Waals surface area contributed by atoms with E-state index in [1.54, 1.807) is 12.1 Å². The Morgan fingerprint density at radius 1 is 1.30 bits per heavy atom. The Balaban J connectivity index is 1.95. The molecule has 0 saturated carbocycles. The number of ether oxygens (including phenoxy) is 3. The summed E-state index contributed by atoms with van der Waals surface area (Å²) in [6.45, 7) is 4.02. The van der Waals surface area contributed by atoms with Gasteiger partial charge in [0.25, 0.3) is 0 Å². The van der Waals surface area contributed by atoms with Crippen molar-refractivity contribution in [2.24, 2.45) is 0 Å². The molecule has 0 aliphatic carbocycles.